The zero-order chi connectivity index (χ0) is 17.9. The summed E-state index contributed by atoms with van der Waals surface area (Å²) in [5.41, 5.74) is 2.39. The summed E-state index contributed by atoms with van der Waals surface area (Å²) in [5, 5.41) is 20.6. The number of carbonyl (C=O) groups is 1. The maximum absolute atomic E-state index is 12.3. The molecule has 2 N–H and O–H groups in total. The minimum atomic E-state index is -0.629. The Morgan fingerprint density at radius 1 is 1.31 bits per heavy atom. The number of ether oxygens (including phenoxy) is 1. The van der Waals surface area contributed by atoms with Gasteiger partial charge < -0.3 is 20.1 Å². The summed E-state index contributed by atoms with van der Waals surface area (Å²) in [4.78, 5) is 14.6. The minimum Gasteiger partial charge on any atom is -0.388 e. The first-order chi connectivity index (χ1) is 12.7. The van der Waals surface area contributed by atoms with E-state index in [1.54, 1.807) is 6.20 Å². The van der Waals surface area contributed by atoms with Gasteiger partial charge in [0.05, 0.1) is 19.4 Å². The predicted molar refractivity (Wildman–Crippen MR) is 94.9 cm³/mol. The first-order valence-electron chi connectivity index (χ1n) is 8.65. The minimum absolute atomic E-state index is 0.226. The quantitative estimate of drug-likeness (QED) is 0.760. The Labute approximate surface area is 151 Å². The van der Waals surface area contributed by atoms with Gasteiger partial charge in [-0.05, 0) is 17.7 Å². The molecule has 0 bridgehead atoms. The van der Waals surface area contributed by atoms with Gasteiger partial charge in [0, 0.05) is 25.3 Å². The van der Waals surface area contributed by atoms with Crippen molar-refractivity contribution in [1.82, 2.24) is 20.3 Å². The second-order valence-corrected chi connectivity index (χ2v) is 6.48. The van der Waals surface area contributed by atoms with Crippen molar-refractivity contribution in [2.75, 3.05) is 31.2 Å². The van der Waals surface area contributed by atoms with Crippen LogP contribution in [-0.4, -0.2) is 58.4 Å². The van der Waals surface area contributed by atoms with Crippen molar-refractivity contribution in [3.63, 3.8) is 0 Å². The number of nitrogens with one attached hydrogen (secondary N) is 1. The van der Waals surface area contributed by atoms with Gasteiger partial charge in [0.15, 0.2) is 5.69 Å². The van der Waals surface area contributed by atoms with E-state index in [2.05, 4.69) is 44.8 Å². The van der Waals surface area contributed by atoms with Crippen molar-refractivity contribution in [3.05, 3.63) is 53.9 Å². The number of benzene rings is 1. The molecule has 1 aromatic heterocycles. The molecular formula is C18H21N5O3. The second kappa shape index (κ2) is 7.27. The molecule has 1 fully saturated rings. The summed E-state index contributed by atoms with van der Waals surface area (Å²) in [5.74, 6) is -0.294. The molecule has 0 aliphatic carbocycles. The number of anilines is 1. The summed E-state index contributed by atoms with van der Waals surface area (Å²) in [6.07, 6.45) is 5.20. The lowest BCUT2D eigenvalue weighted by atomic mass is 10.2. The Morgan fingerprint density at radius 3 is 2.92 bits per heavy atom. The molecular weight excluding hydrogens is 334 g/mol. The van der Waals surface area contributed by atoms with Crippen LogP contribution in [0.15, 0.2) is 42.6 Å². The van der Waals surface area contributed by atoms with Gasteiger partial charge in [0.25, 0.3) is 5.91 Å². The molecule has 2 atom stereocenters. The molecule has 8 nitrogen and oxygen atoms in total. The third-order valence-corrected chi connectivity index (χ3v) is 4.65. The van der Waals surface area contributed by atoms with Crippen LogP contribution in [0, 0.1) is 0 Å². The molecule has 1 saturated heterocycles. The third kappa shape index (κ3) is 3.47. The summed E-state index contributed by atoms with van der Waals surface area (Å²) >= 11 is 0. The van der Waals surface area contributed by atoms with Crippen LogP contribution in [0.1, 0.15) is 22.1 Å². The van der Waals surface area contributed by atoms with Crippen molar-refractivity contribution >= 4 is 11.6 Å². The summed E-state index contributed by atoms with van der Waals surface area (Å²) in [6, 6.07) is 7.83. The fraction of sp³-hybridized carbons (Fsp3) is 0.389. The number of amides is 1. The molecule has 0 unspecified atom stereocenters. The lowest BCUT2D eigenvalue weighted by Gasteiger charge is -2.18. The molecule has 2 aromatic rings. The molecule has 4 rings (SSSR count). The van der Waals surface area contributed by atoms with Crippen LogP contribution < -0.4 is 10.2 Å². The summed E-state index contributed by atoms with van der Waals surface area (Å²) < 4.78 is 6.70. The van der Waals surface area contributed by atoms with Crippen LogP contribution in [0.3, 0.4) is 0 Å². The average Bonchev–Trinajstić information content (AvgIpc) is 3.40. The molecule has 2 aliphatic heterocycles. The molecule has 0 spiro atoms. The highest BCUT2D eigenvalue weighted by Crippen LogP contribution is 2.19. The van der Waals surface area contributed by atoms with E-state index in [9.17, 15) is 9.90 Å². The van der Waals surface area contributed by atoms with Gasteiger partial charge >= 0.3 is 0 Å². The molecule has 136 valence electrons. The molecule has 3 heterocycles. The van der Waals surface area contributed by atoms with E-state index in [4.69, 9.17) is 4.74 Å². The number of hydrogen-bond acceptors (Lipinski definition) is 6. The molecule has 1 aromatic carbocycles. The summed E-state index contributed by atoms with van der Waals surface area (Å²) in [7, 11) is 0. The molecule has 26 heavy (non-hydrogen) atoms. The molecule has 0 radical (unpaired) electrons. The zero-order valence-electron chi connectivity index (χ0n) is 14.3. The van der Waals surface area contributed by atoms with E-state index in [0.717, 1.165) is 24.3 Å². The van der Waals surface area contributed by atoms with Gasteiger partial charge in [0.1, 0.15) is 12.1 Å². The van der Waals surface area contributed by atoms with E-state index in [0.29, 0.717) is 13.2 Å². The van der Waals surface area contributed by atoms with Gasteiger partial charge in [-0.3, -0.25) is 4.79 Å². The van der Waals surface area contributed by atoms with Crippen molar-refractivity contribution < 1.29 is 14.6 Å². The summed E-state index contributed by atoms with van der Waals surface area (Å²) in [6.45, 7) is 2.87. The average molecular weight is 355 g/mol. The van der Waals surface area contributed by atoms with E-state index in [1.807, 2.05) is 12.1 Å². The van der Waals surface area contributed by atoms with Crippen LogP contribution in [0.4, 0.5) is 5.69 Å². The first-order valence-corrected chi connectivity index (χ1v) is 8.65. The molecule has 0 saturated carbocycles. The fourth-order valence-corrected chi connectivity index (χ4v) is 3.15. The topological polar surface area (TPSA) is 92.5 Å². The Hall–Kier alpha value is -2.71. The SMILES string of the molecule is O=C(NCc1cccc(N2CC=CC2)c1)c1cn([C@@H]2COC[C@H]2O)nn1. The number of rotatable bonds is 5. The lowest BCUT2D eigenvalue weighted by Crippen LogP contribution is -2.24. The zero-order valence-corrected chi connectivity index (χ0v) is 14.3. The van der Waals surface area contributed by atoms with Gasteiger partial charge in [0.2, 0.25) is 0 Å². The maximum Gasteiger partial charge on any atom is 0.273 e. The van der Waals surface area contributed by atoms with Crippen molar-refractivity contribution in [2.24, 2.45) is 0 Å². The van der Waals surface area contributed by atoms with Gasteiger partial charge in [-0.1, -0.05) is 29.5 Å². The van der Waals surface area contributed by atoms with Gasteiger partial charge in [-0.15, -0.1) is 5.10 Å². The van der Waals surface area contributed by atoms with Gasteiger partial charge in [-0.25, -0.2) is 4.68 Å². The van der Waals surface area contributed by atoms with Crippen LogP contribution in [0.25, 0.3) is 0 Å². The lowest BCUT2D eigenvalue weighted by molar-refractivity contribution is 0.0945. The number of aromatic nitrogens is 3. The number of hydrogen-bond donors (Lipinski definition) is 2. The standard InChI is InChI=1S/C18H21N5O3/c24-17-12-26-11-16(17)23-10-15(20-21-23)18(25)19-9-13-4-3-5-14(8-13)22-6-1-2-7-22/h1-5,8,10,16-17,24H,6-7,9,11-12H2,(H,19,25)/t16-,17-/m1/s1. The smallest absolute Gasteiger partial charge is 0.273 e. The second-order valence-electron chi connectivity index (χ2n) is 6.48. The van der Waals surface area contributed by atoms with Crippen LogP contribution in [0.2, 0.25) is 0 Å². The van der Waals surface area contributed by atoms with Crippen LogP contribution >= 0.6 is 0 Å². The van der Waals surface area contributed by atoms with E-state index < -0.39 is 6.10 Å². The molecule has 1 amide bonds. The van der Waals surface area contributed by atoms with Crippen molar-refractivity contribution in [3.8, 4) is 0 Å². The van der Waals surface area contributed by atoms with Crippen LogP contribution in [-0.2, 0) is 11.3 Å². The maximum atomic E-state index is 12.3. The molecule has 2 aliphatic rings. The van der Waals surface area contributed by atoms with Crippen molar-refractivity contribution in [2.45, 2.75) is 18.7 Å². The highest BCUT2D eigenvalue weighted by atomic mass is 16.5. The largest absolute Gasteiger partial charge is 0.388 e. The Balaban J connectivity index is 1.37. The highest BCUT2D eigenvalue weighted by molar-refractivity contribution is 5.91. The number of aliphatic hydroxyl groups excluding tert-OH is 1. The van der Waals surface area contributed by atoms with E-state index >= 15 is 0 Å². The number of nitrogens with zero attached hydrogens (tertiary/aromatic N) is 4. The predicted octanol–water partition coefficient (Wildman–Crippen LogP) is 0.516. The number of aliphatic hydroxyl groups is 1. The Morgan fingerprint density at radius 2 is 2.15 bits per heavy atom. The number of carbonyl (C=O) groups excluding carboxylic acids is 1. The Bertz CT molecular complexity index is 811. The van der Waals surface area contributed by atoms with Crippen molar-refractivity contribution in [1.29, 1.82) is 0 Å². The van der Waals surface area contributed by atoms with Gasteiger partial charge in [-0.2, -0.15) is 0 Å². The van der Waals surface area contributed by atoms with E-state index in [1.165, 1.54) is 4.68 Å². The van der Waals surface area contributed by atoms with E-state index in [-0.39, 0.29) is 24.2 Å². The monoisotopic (exact) mass is 355 g/mol. The highest BCUT2D eigenvalue weighted by Gasteiger charge is 2.29. The third-order valence-electron chi connectivity index (χ3n) is 4.65. The fourth-order valence-electron chi connectivity index (χ4n) is 3.15. The normalized spacial score (nSPS) is 22.1. The molecule has 8 heteroatoms. The first kappa shape index (κ1) is 16.7. The Kier molecular flexibility index (Phi) is 4.68. The van der Waals surface area contributed by atoms with Crippen LogP contribution in [0.5, 0.6) is 0 Å².